The molecule has 7 heteroatoms. The van der Waals surface area contributed by atoms with Crippen LogP contribution in [0.5, 0.6) is 11.5 Å². The Kier molecular flexibility index (Phi) is 11.7. The lowest BCUT2D eigenvalue weighted by molar-refractivity contribution is -0.384. The minimum atomic E-state index is -0.440. The first-order valence-electron chi connectivity index (χ1n) is 13.1. The number of unbranched alkanes of at least 4 members (excludes halogenated alkanes) is 1. The maximum absolute atomic E-state index is 13.6. The van der Waals surface area contributed by atoms with Gasteiger partial charge in [0.25, 0.3) is 11.2 Å². The molecule has 36 heavy (non-hydrogen) atoms. The minimum Gasteiger partial charge on any atom is -0.485 e. The summed E-state index contributed by atoms with van der Waals surface area (Å²) in [5, 5.41) is 12.1. The van der Waals surface area contributed by atoms with Crippen molar-refractivity contribution in [2.24, 2.45) is 5.92 Å². The molecule has 2 aromatic rings. The van der Waals surface area contributed by atoms with E-state index in [9.17, 15) is 14.9 Å². The number of nitrogens with zero attached hydrogens (tertiary/aromatic N) is 2. The van der Waals surface area contributed by atoms with Crippen LogP contribution in [0.3, 0.4) is 0 Å². The van der Waals surface area contributed by atoms with E-state index in [-0.39, 0.29) is 29.5 Å². The zero-order chi connectivity index (χ0) is 26.7. The normalized spacial score (nSPS) is 12.4. The molecule has 0 bridgehead atoms. The van der Waals surface area contributed by atoms with E-state index < -0.39 is 4.92 Å². The molecule has 0 saturated carbocycles. The van der Waals surface area contributed by atoms with Crippen LogP contribution in [0.1, 0.15) is 80.1 Å². The summed E-state index contributed by atoms with van der Waals surface area (Å²) in [5.41, 5.74) is 2.62. The van der Waals surface area contributed by atoms with E-state index in [0.29, 0.717) is 29.8 Å². The number of fused-ring (bicyclic) bond motifs is 1. The van der Waals surface area contributed by atoms with Gasteiger partial charge >= 0.3 is 0 Å². The highest BCUT2D eigenvalue weighted by Gasteiger charge is 2.22. The number of hydrogen-bond acceptors (Lipinski definition) is 5. The molecule has 0 fully saturated rings. The molecule has 2 rings (SSSR count). The Morgan fingerprint density at radius 3 is 2.50 bits per heavy atom. The Labute approximate surface area is 215 Å². The Hall–Kier alpha value is -3.09. The van der Waals surface area contributed by atoms with Crippen LogP contribution in [-0.4, -0.2) is 22.7 Å². The lowest BCUT2D eigenvalue weighted by atomic mass is 10.1. The molecule has 0 aliphatic heterocycles. The number of aromatic nitrogens is 1. The summed E-state index contributed by atoms with van der Waals surface area (Å²) in [6, 6.07) is 4.58. The second-order valence-corrected chi connectivity index (χ2v) is 9.81. The summed E-state index contributed by atoms with van der Waals surface area (Å²) in [5.74, 6) is 0.830. The second-order valence-electron chi connectivity index (χ2n) is 9.81. The Balaban J connectivity index is 2.54. The van der Waals surface area contributed by atoms with E-state index >= 15 is 0 Å². The van der Waals surface area contributed by atoms with E-state index in [1.54, 1.807) is 10.6 Å². The Morgan fingerprint density at radius 2 is 1.86 bits per heavy atom. The topological polar surface area (TPSA) is 83.6 Å². The third-order valence-corrected chi connectivity index (χ3v) is 6.15. The highest BCUT2D eigenvalue weighted by molar-refractivity contribution is 5.89. The van der Waals surface area contributed by atoms with E-state index in [2.05, 4.69) is 40.7 Å². The van der Waals surface area contributed by atoms with Gasteiger partial charge in [-0.05, 0) is 64.5 Å². The highest BCUT2D eigenvalue weighted by Crippen LogP contribution is 2.35. The predicted molar refractivity (Wildman–Crippen MR) is 147 cm³/mol. The molecule has 0 saturated heterocycles. The van der Waals surface area contributed by atoms with Crippen LogP contribution < -0.4 is 15.0 Å². The zero-order valence-electron chi connectivity index (χ0n) is 22.8. The number of nitro groups is 1. The summed E-state index contributed by atoms with van der Waals surface area (Å²) < 4.78 is 13.9. The van der Waals surface area contributed by atoms with Crippen LogP contribution in [0.15, 0.2) is 46.3 Å². The third-order valence-electron chi connectivity index (χ3n) is 6.15. The van der Waals surface area contributed by atoms with Crippen molar-refractivity contribution in [2.45, 2.75) is 86.6 Å². The fraction of sp³-hybridized carbons (Fsp3) is 0.552. The Bertz CT molecular complexity index is 1140. The van der Waals surface area contributed by atoms with Crippen molar-refractivity contribution >= 4 is 16.6 Å². The number of benzene rings is 1. The Morgan fingerprint density at radius 1 is 1.11 bits per heavy atom. The highest BCUT2D eigenvalue weighted by atomic mass is 16.6. The largest absolute Gasteiger partial charge is 0.485 e. The van der Waals surface area contributed by atoms with Gasteiger partial charge in [0, 0.05) is 24.1 Å². The fourth-order valence-electron chi connectivity index (χ4n) is 4.07. The molecule has 1 unspecified atom stereocenters. The van der Waals surface area contributed by atoms with Gasteiger partial charge < -0.3 is 14.0 Å². The maximum Gasteiger partial charge on any atom is 0.297 e. The van der Waals surface area contributed by atoms with Crippen molar-refractivity contribution < 1.29 is 14.4 Å². The third kappa shape index (κ3) is 8.25. The van der Waals surface area contributed by atoms with Crippen LogP contribution in [0.4, 0.5) is 5.69 Å². The number of aryl methyl sites for hydroxylation is 1. The van der Waals surface area contributed by atoms with Crippen LogP contribution in [0.25, 0.3) is 10.9 Å². The number of rotatable bonds is 15. The smallest absolute Gasteiger partial charge is 0.297 e. The fourth-order valence-corrected chi connectivity index (χ4v) is 4.07. The van der Waals surface area contributed by atoms with Crippen molar-refractivity contribution in [1.29, 1.82) is 0 Å². The molecule has 0 radical (unpaired) electrons. The molecule has 198 valence electrons. The molecule has 1 aromatic carbocycles. The first-order valence-corrected chi connectivity index (χ1v) is 13.1. The van der Waals surface area contributed by atoms with Crippen molar-refractivity contribution in [2.75, 3.05) is 13.2 Å². The molecule has 1 aromatic heterocycles. The van der Waals surface area contributed by atoms with E-state index in [4.69, 9.17) is 9.47 Å². The van der Waals surface area contributed by atoms with Gasteiger partial charge in [-0.1, -0.05) is 50.8 Å². The van der Waals surface area contributed by atoms with Crippen molar-refractivity contribution in [3.8, 4) is 11.5 Å². The first kappa shape index (κ1) is 29.1. The molecule has 0 N–H and O–H groups in total. The van der Waals surface area contributed by atoms with Gasteiger partial charge in [0.1, 0.15) is 6.61 Å². The molecule has 0 aliphatic rings. The summed E-state index contributed by atoms with van der Waals surface area (Å²) in [4.78, 5) is 24.7. The van der Waals surface area contributed by atoms with Gasteiger partial charge in [0.2, 0.25) is 5.75 Å². The number of pyridine rings is 1. The quantitative estimate of drug-likeness (QED) is 0.143. The summed E-state index contributed by atoms with van der Waals surface area (Å²) in [6.45, 7) is 13.7. The van der Waals surface area contributed by atoms with Gasteiger partial charge in [0.05, 0.1) is 17.0 Å². The number of nitro benzene ring substituents is 1. The number of non-ortho nitro benzene ring substituents is 1. The lowest BCUT2D eigenvalue weighted by Gasteiger charge is -2.19. The van der Waals surface area contributed by atoms with Crippen molar-refractivity contribution in [1.82, 2.24) is 4.57 Å². The van der Waals surface area contributed by atoms with Crippen LogP contribution in [-0.2, 0) is 6.54 Å². The average molecular weight is 499 g/mol. The summed E-state index contributed by atoms with van der Waals surface area (Å²) in [6.07, 6.45) is 9.81. The first-order chi connectivity index (χ1) is 17.2. The summed E-state index contributed by atoms with van der Waals surface area (Å²) >= 11 is 0. The molecule has 1 atom stereocenters. The van der Waals surface area contributed by atoms with Crippen LogP contribution in [0.2, 0.25) is 0 Å². The van der Waals surface area contributed by atoms with E-state index in [1.165, 1.54) is 23.3 Å². The number of allylic oxidation sites excluding steroid dienone is 3. The van der Waals surface area contributed by atoms with Crippen LogP contribution in [0, 0.1) is 16.0 Å². The molecule has 7 nitrogen and oxygen atoms in total. The molecular formula is C29H42N2O5. The zero-order valence-corrected chi connectivity index (χ0v) is 22.8. The second kappa shape index (κ2) is 14.5. The SMILES string of the molecule is CCCCn1c(=O)c(OCC(C)CCC)c(OCC=C(C)CCC=C(C)C)c2ccc([N+](=O)[O-])cc21. The lowest BCUT2D eigenvalue weighted by Crippen LogP contribution is -2.25. The standard InChI is InChI=1S/C29H42N2O5/c1-7-9-17-30-26-19-24(31(33)34)14-15-25(26)27(28(29(30)32)36-20-23(6)11-8-2)35-18-16-22(5)13-10-12-21(3)4/h12,14-16,19,23H,7-11,13,17-18,20H2,1-6H3. The summed E-state index contributed by atoms with van der Waals surface area (Å²) in [7, 11) is 0. The average Bonchev–Trinajstić information content (AvgIpc) is 2.82. The van der Waals surface area contributed by atoms with Crippen molar-refractivity contribution in [3.63, 3.8) is 0 Å². The minimum absolute atomic E-state index is 0.0571. The van der Waals surface area contributed by atoms with Crippen LogP contribution >= 0.6 is 0 Å². The number of ether oxygens (including phenoxy) is 2. The van der Waals surface area contributed by atoms with E-state index in [0.717, 1.165) is 38.5 Å². The number of hydrogen-bond donors (Lipinski definition) is 0. The molecule has 0 amide bonds. The molecule has 1 heterocycles. The van der Waals surface area contributed by atoms with Gasteiger partial charge in [-0.15, -0.1) is 0 Å². The monoisotopic (exact) mass is 498 g/mol. The van der Waals surface area contributed by atoms with Crippen molar-refractivity contribution in [3.05, 3.63) is 62.0 Å². The van der Waals surface area contributed by atoms with Gasteiger partial charge in [0.15, 0.2) is 5.75 Å². The maximum atomic E-state index is 13.6. The molecular weight excluding hydrogens is 456 g/mol. The van der Waals surface area contributed by atoms with Gasteiger partial charge in [-0.2, -0.15) is 0 Å². The molecule has 0 aliphatic carbocycles. The van der Waals surface area contributed by atoms with Gasteiger partial charge in [-0.25, -0.2) is 0 Å². The van der Waals surface area contributed by atoms with E-state index in [1.807, 2.05) is 13.0 Å². The predicted octanol–water partition coefficient (Wildman–Crippen LogP) is 7.60. The molecule has 0 spiro atoms. The van der Waals surface area contributed by atoms with Gasteiger partial charge in [-0.3, -0.25) is 14.9 Å².